The molecule has 1 N–H and O–H groups in total. The van der Waals surface area contributed by atoms with E-state index >= 15 is 0 Å². The van der Waals surface area contributed by atoms with Gasteiger partial charge in [-0.05, 0) is 63.2 Å². The van der Waals surface area contributed by atoms with Crippen LogP contribution in [0.25, 0.3) is 0 Å². The molecule has 4 bridgehead atoms. The second kappa shape index (κ2) is 3.43. The van der Waals surface area contributed by atoms with Gasteiger partial charge in [0.15, 0.2) is 0 Å². The van der Waals surface area contributed by atoms with Crippen LogP contribution < -0.4 is 5.32 Å². The normalized spacial score (nSPS) is 46.8. The Bertz CT molecular complexity index is 495. The predicted octanol–water partition coefficient (Wildman–Crippen LogP) is 2.97. The summed E-state index contributed by atoms with van der Waals surface area (Å²) in [6.07, 6.45) is 11.1. The van der Waals surface area contributed by atoms with Crippen LogP contribution in [0.1, 0.15) is 62.7 Å². The Morgan fingerprint density at radius 3 is 2.37 bits per heavy atom. The van der Waals surface area contributed by atoms with E-state index in [4.69, 9.17) is 5.10 Å². The molecule has 0 radical (unpaired) electrons. The Morgan fingerprint density at radius 2 is 1.79 bits per heavy atom. The third kappa shape index (κ3) is 1.40. The highest BCUT2D eigenvalue weighted by Crippen LogP contribution is 2.58. The van der Waals surface area contributed by atoms with E-state index in [0.29, 0.717) is 11.6 Å². The molecule has 1 aliphatic heterocycles. The van der Waals surface area contributed by atoms with Crippen LogP contribution in [-0.4, -0.2) is 9.78 Å². The van der Waals surface area contributed by atoms with E-state index in [1.807, 2.05) is 0 Å². The van der Waals surface area contributed by atoms with Crippen LogP contribution in [0.15, 0.2) is 6.20 Å². The summed E-state index contributed by atoms with van der Waals surface area (Å²) in [5.41, 5.74) is 3.16. The van der Waals surface area contributed by atoms with Crippen LogP contribution in [0.3, 0.4) is 0 Å². The molecule has 3 heteroatoms. The topological polar surface area (TPSA) is 29.9 Å². The van der Waals surface area contributed by atoms with Crippen molar-refractivity contribution in [1.82, 2.24) is 15.1 Å². The van der Waals surface area contributed by atoms with Gasteiger partial charge in [-0.3, -0.25) is 4.68 Å². The first-order valence-corrected chi connectivity index (χ1v) is 8.04. The molecule has 0 saturated heterocycles. The van der Waals surface area contributed by atoms with Gasteiger partial charge in [0, 0.05) is 24.3 Å². The van der Waals surface area contributed by atoms with Crippen LogP contribution >= 0.6 is 0 Å². The van der Waals surface area contributed by atoms with Gasteiger partial charge in [-0.25, -0.2) is 0 Å². The van der Waals surface area contributed by atoms with E-state index in [1.165, 1.54) is 49.8 Å². The average Bonchev–Trinajstić information content (AvgIpc) is 2.91. The van der Waals surface area contributed by atoms with E-state index in [-0.39, 0.29) is 0 Å². The fourth-order valence-corrected chi connectivity index (χ4v) is 5.87. The Labute approximate surface area is 114 Å². The lowest BCUT2D eigenvalue weighted by Crippen LogP contribution is -2.52. The summed E-state index contributed by atoms with van der Waals surface area (Å²) >= 11 is 0. The molecule has 0 spiro atoms. The molecule has 5 aliphatic rings. The number of hydrogen-bond acceptors (Lipinski definition) is 2. The molecule has 4 aliphatic carbocycles. The third-order valence-electron chi connectivity index (χ3n) is 6.36. The Hall–Kier alpha value is -0.830. The maximum Gasteiger partial charge on any atom is 0.0810 e. The van der Waals surface area contributed by atoms with Crippen molar-refractivity contribution in [3.63, 3.8) is 0 Å². The molecule has 2 heterocycles. The maximum atomic E-state index is 4.99. The molecular formula is C16H23N3. The van der Waals surface area contributed by atoms with Crippen molar-refractivity contribution in [3.8, 4) is 0 Å². The van der Waals surface area contributed by atoms with Crippen molar-refractivity contribution >= 4 is 0 Å². The van der Waals surface area contributed by atoms with Crippen LogP contribution in [0.5, 0.6) is 0 Å². The van der Waals surface area contributed by atoms with E-state index in [9.17, 15) is 0 Å². The second-order valence-corrected chi connectivity index (χ2v) is 7.72. The van der Waals surface area contributed by atoms with Gasteiger partial charge < -0.3 is 5.32 Å². The molecule has 0 aromatic carbocycles. The fourth-order valence-electron chi connectivity index (χ4n) is 5.87. The molecular weight excluding hydrogens is 234 g/mol. The summed E-state index contributed by atoms with van der Waals surface area (Å²) in [5.74, 6) is 3.00. The molecule has 1 unspecified atom stereocenters. The Balaban J connectivity index is 1.57. The molecule has 6 rings (SSSR count). The van der Waals surface area contributed by atoms with Gasteiger partial charge in [0.2, 0.25) is 0 Å². The first-order chi connectivity index (χ1) is 9.22. The summed E-state index contributed by atoms with van der Waals surface area (Å²) < 4.78 is 2.42. The minimum Gasteiger partial charge on any atom is -0.304 e. The van der Waals surface area contributed by atoms with Gasteiger partial charge in [-0.2, -0.15) is 5.10 Å². The van der Waals surface area contributed by atoms with Gasteiger partial charge in [0.25, 0.3) is 0 Å². The number of nitrogens with one attached hydrogen (secondary N) is 1. The highest BCUT2D eigenvalue weighted by atomic mass is 15.3. The van der Waals surface area contributed by atoms with E-state index in [0.717, 1.165) is 24.3 Å². The molecule has 4 fully saturated rings. The van der Waals surface area contributed by atoms with Crippen molar-refractivity contribution in [2.24, 2.45) is 17.8 Å². The lowest BCUT2D eigenvalue weighted by molar-refractivity contribution is -0.0496. The lowest BCUT2D eigenvalue weighted by atomic mass is 9.53. The summed E-state index contributed by atoms with van der Waals surface area (Å²) in [4.78, 5) is 0. The number of hydrogen-bond donors (Lipinski definition) is 1. The smallest absolute Gasteiger partial charge is 0.0810 e. The highest BCUT2D eigenvalue weighted by Gasteiger charge is 2.52. The van der Waals surface area contributed by atoms with Gasteiger partial charge in [0.05, 0.1) is 11.2 Å². The minimum atomic E-state index is 0.402. The number of fused-ring (bicyclic) bond motifs is 1. The molecule has 1 aromatic rings. The van der Waals surface area contributed by atoms with E-state index in [1.54, 1.807) is 0 Å². The first kappa shape index (κ1) is 10.9. The Kier molecular flexibility index (Phi) is 1.97. The average molecular weight is 257 g/mol. The largest absolute Gasteiger partial charge is 0.304 e. The van der Waals surface area contributed by atoms with Crippen LogP contribution in [-0.2, 0) is 12.1 Å². The van der Waals surface area contributed by atoms with Crippen LogP contribution in [0.4, 0.5) is 0 Å². The number of aromatic nitrogens is 2. The zero-order valence-corrected chi connectivity index (χ0v) is 11.7. The molecule has 19 heavy (non-hydrogen) atoms. The van der Waals surface area contributed by atoms with Crippen LogP contribution in [0, 0.1) is 17.8 Å². The van der Waals surface area contributed by atoms with Gasteiger partial charge >= 0.3 is 0 Å². The van der Waals surface area contributed by atoms with Crippen molar-refractivity contribution < 1.29 is 0 Å². The molecule has 3 nitrogen and oxygen atoms in total. The Morgan fingerprint density at radius 1 is 1.16 bits per heavy atom. The second-order valence-electron chi connectivity index (χ2n) is 7.72. The SMILES string of the molecule is CC1NCc2nn(C34CC5CC(CC(C5)C3)C4)cc21. The zero-order valence-electron chi connectivity index (χ0n) is 11.7. The standard InChI is InChI=1S/C16H23N3/c1-10-14-9-19(18-15(14)8-17-10)16-5-11-2-12(6-16)4-13(3-11)7-16/h9-13,17H,2-8H2,1H3. The van der Waals surface area contributed by atoms with Crippen molar-refractivity contribution in [2.45, 2.75) is 63.6 Å². The quantitative estimate of drug-likeness (QED) is 0.838. The van der Waals surface area contributed by atoms with E-state index < -0.39 is 0 Å². The molecule has 1 atom stereocenters. The lowest BCUT2D eigenvalue weighted by Gasteiger charge is -2.56. The number of rotatable bonds is 1. The summed E-state index contributed by atoms with van der Waals surface area (Å²) in [5, 5.41) is 8.48. The van der Waals surface area contributed by atoms with Gasteiger partial charge in [-0.15, -0.1) is 0 Å². The zero-order chi connectivity index (χ0) is 12.6. The first-order valence-electron chi connectivity index (χ1n) is 8.04. The summed E-state index contributed by atoms with van der Waals surface area (Å²) in [6.45, 7) is 3.23. The van der Waals surface area contributed by atoms with Crippen LogP contribution in [0.2, 0.25) is 0 Å². The molecule has 4 saturated carbocycles. The molecule has 102 valence electrons. The number of nitrogens with zero attached hydrogens (tertiary/aromatic N) is 2. The predicted molar refractivity (Wildman–Crippen MR) is 73.6 cm³/mol. The third-order valence-corrected chi connectivity index (χ3v) is 6.36. The monoisotopic (exact) mass is 257 g/mol. The molecule has 0 amide bonds. The van der Waals surface area contributed by atoms with Crippen molar-refractivity contribution in [2.75, 3.05) is 0 Å². The van der Waals surface area contributed by atoms with Gasteiger partial charge in [0.1, 0.15) is 0 Å². The highest BCUT2D eigenvalue weighted by molar-refractivity contribution is 5.26. The summed E-state index contributed by atoms with van der Waals surface area (Å²) in [7, 11) is 0. The maximum absolute atomic E-state index is 4.99. The minimum absolute atomic E-state index is 0.402. The van der Waals surface area contributed by atoms with Crippen molar-refractivity contribution in [3.05, 3.63) is 17.5 Å². The molecule has 1 aromatic heterocycles. The summed E-state index contributed by atoms with van der Waals surface area (Å²) in [6, 6.07) is 0.498. The van der Waals surface area contributed by atoms with Crippen molar-refractivity contribution in [1.29, 1.82) is 0 Å². The van der Waals surface area contributed by atoms with E-state index in [2.05, 4.69) is 23.1 Å². The fraction of sp³-hybridized carbons (Fsp3) is 0.812. The van der Waals surface area contributed by atoms with Gasteiger partial charge in [-0.1, -0.05) is 0 Å².